The van der Waals surface area contributed by atoms with Crippen LogP contribution in [-0.4, -0.2) is 44.1 Å². The molecule has 1 aliphatic heterocycles. The molecular formula is C16H27IN4O. The van der Waals surface area contributed by atoms with E-state index in [0.717, 1.165) is 25.4 Å². The van der Waals surface area contributed by atoms with Crippen LogP contribution in [0.2, 0.25) is 0 Å². The van der Waals surface area contributed by atoms with Gasteiger partial charge in [-0.2, -0.15) is 0 Å². The molecule has 1 aliphatic rings. The summed E-state index contributed by atoms with van der Waals surface area (Å²) in [7, 11) is 1.69. The number of nitrogens with two attached hydrogens (primary N) is 1. The zero-order chi connectivity index (χ0) is 15.1. The van der Waals surface area contributed by atoms with Gasteiger partial charge in [0.2, 0.25) is 0 Å². The Balaban J connectivity index is 0.00000242. The van der Waals surface area contributed by atoms with E-state index in [4.69, 9.17) is 10.5 Å². The van der Waals surface area contributed by atoms with E-state index in [-0.39, 0.29) is 30.0 Å². The maximum atomic E-state index is 5.86. The Bertz CT molecular complexity index is 458. The van der Waals surface area contributed by atoms with Crippen molar-refractivity contribution in [2.75, 3.05) is 33.3 Å². The van der Waals surface area contributed by atoms with Crippen molar-refractivity contribution >= 4 is 29.9 Å². The highest BCUT2D eigenvalue weighted by Gasteiger charge is 2.23. The second-order valence-corrected chi connectivity index (χ2v) is 5.29. The predicted octanol–water partition coefficient (Wildman–Crippen LogP) is 2.37. The van der Waals surface area contributed by atoms with E-state index < -0.39 is 0 Å². The first-order valence-corrected chi connectivity index (χ1v) is 7.66. The first kappa shape index (κ1) is 19.0. The molecule has 0 spiro atoms. The van der Waals surface area contributed by atoms with Crippen LogP contribution in [0.25, 0.3) is 0 Å². The number of benzene rings is 1. The SMILES string of the molecule is CCNC(N)=NCC(c1ccc(OC)cc1)N1CCCC1.I. The lowest BCUT2D eigenvalue weighted by molar-refractivity contribution is 0.251. The zero-order valence-electron chi connectivity index (χ0n) is 13.4. The third-order valence-corrected chi connectivity index (χ3v) is 3.87. The van der Waals surface area contributed by atoms with Gasteiger partial charge in [0.05, 0.1) is 19.7 Å². The summed E-state index contributed by atoms with van der Waals surface area (Å²) in [5, 5.41) is 3.05. The number of aliphatic imine (C=N–C) groups is 1. The van der Waals surface area contributed by atoms with Gasteiger partial charge in [0.25, 0.3) is 0 Å². The van der Waals surface area contributed by atoms with Crippen molar-refractivity contribution < 1.29 is 4.74 Å². The van der Waals surface area contributed by atoms with Crippen molar-refractivity contribution in [2.24, 2.45) is 10.7 Å². The molecule has 5 nitrogen and oxygen atoms in total. The number of guanidine groups is 1. The molecule has 1 heterocycles. The van der Waals surface area contributed by atoms with Crippen LogP contribution in [0.1, 0.15) is 31.4 Å². The van der Waals surface area contributed by atoms with Crippen molar-refractivity contribution in [1.29, 1.82) is 0 Å². The monoisotopic (exact) mass is 418 g/mol. The molecule has 22 heavy (non-hydrogen) atoms. The Labute approximate surface area is 150 Å². The smallest absolute Gasteiger partial charge is 0.188 e. The molecule has 1 unspecified atom stereocenters. The van der Waals surface area contributed by atoms with E-state index in [1.807, 2.05) is 19.1 Å². The Morgan fingerprint density at radius 1 is 1.32 bits per heavy atom. The van der Waals surface area contributed by atoms with Gasteiger partial charge in [-0.3, -0.25) is 9.89 Å². The fourth-order valence-electron chi connectivity index (χ4n) is 2.73. The van der Waals surface area contributed by atoms with E-state index in [0.29, 0.717) is 12.5 Å². The molecule has 0 aliphatic carbocycles. The Morgan fingerprint density at radius 3 is 2.50 bits per heavy atom. The molecule has 1 fully saturated rings. The van der Waals surface area contributed by atoms with Gasteiger partial charge in [-0.25, -0.2) is 0 Å². The highest BCUT2D eigenvalue weighted by molar-refractivity contribution is 14.0. The van der Waals surface area contributed by atoms with Gasteiger partial charge in [0.15, 0.2) is 5.96 Å². The minimum Gasteiger partial charge on any atom is -0.497 e. The number of hydrogen-bond donors (Lipinski definition) is 2. The summed E-state index contributed by atoms with van der Waals surface area (Å²) in [5.74, 6) is 1.41. The van der Waals surface area contributed by atoms with Gasteiger partial charge in [-0.1, -0.05) is 12.1 Å². The van der Waals surface area contributed by atoms with Crippen molar-refractivity contribution in [2.45, 2.75) is 25.8 Å². The molecule has 2 rings (SSSR count). The fraction of sp³-hybridized carbons (Fsp3) is 0.562. The summed E-state index contributed by atoms with van der Waals surface area (Å²) in [6.07, 6.45) is 2.53. The minimum absolute atomic E-state index is 0. The second kappa shape index (κ2) is 9.89. The van der Waals surface area contributed by atoms with E-state index >= 15 is 0 Å². The summed E-state index contributed by atoms with van der Waals surface area (Å²) >= 11 is 0. The van der Waals surface area contributed by atoms with E-state index in [1.54, 1.807) is 7.11 Å². The van der Waals surface area contributed by atoms with E-state index in [1.165, 1.54) is 18.4 Å². The van der Waals surface area contributed by atoms with Gasteiger partial charge in [-0.15, -0.1) is 24.0 Å². The number of nitrogens with one attached hydrogen (secondary N) is 1. The lowest BCUT2D eigenvalue weighted by atomic mass is 10.1. The van der Waals surface area contributed by atoms with Crippen LogP contribution in [0.3, 0.4) is 0 Å². The summed E-state index contributed by atoms with van der Waals surface area (Å²) in [4.78, 5) is 6.98. The highest BCUT2D eigenvalue weighted by Crippen LogP contribution is 2.26. The number of rotatable bonds is 6. The van der Waals surface area contributed by atoms with Gasteiger partial charge in [-0.05, 0) is 50.6 Å². The van der Waals surface area contributed by atoms with Gasteiger partial charge in [0.1, 0.15) is 5.75 Å². The molecular weight excluding hydrogens is 391 g/mol. The van der Waals surface area contributed by atoms with Gasteiger partial charge >= 0.3 is 0 Å². The Kier molecular flexibility index (Phi) is 8.55. The van der Waals surface area contributed by atoms with Crippen LogP contribution < -0.4 is 15.8 Å². The molecule has 3 N–H and O–H groups in total. The molecule has 0 aromatic heterocycles. The van der Waals surface area contributed by atoms with Crippen molar-refractivity contribution in [3.8, 4) is 5.75 Å². The number of ether oxygens (including phenoxy) is 1. The lowest BCUT2D eigenvalue weighted by Crippen LogP contribution is -2.33. The van der Waals surface area contributed by atoms with Crippen molar-refractivity contribution in [3.05, 3.63) is 29.8 Å². The first-order valence-electron chi connectivity index (χ1n) is 7.66. The number of methoxy groups -OCH3 is 1. The molecule has 0 amide bonds. The van der Waals surface area contributed by atoms with E-state index in [2.05, 4.69) is 27.3 Å². The largest absolute Gasteiger partial charge is 0.497 e. The summed E-state index contributed by atoms with van der Waals surface area (Å²) in [5.41, 5.74) is 7.12. The molecule has 1 saturated heterocycles. The van der Waals surface area contributed by atoms with Crippen LogP contribution >= 0.6 is 24.0 Å². The average Bonchev–Trinajstić information content (AvgIpc) is 3.02. The Hall–Kier alpha value is -1.02. The average molecular weight is 418 g/mol. The standard InChI is InChI=1S/C16H26N4O.HI/c1-3-18-16(17)19-12-15(20-10-4-5-11-20)13-6-8-14(21-2)9-7-13;/h6-9,15H,3-5,10-12H2,1-2H3,(H3,17,18,19);1H. The second-order valence-electron chi connectivity index (χ2n) is 5.29. The number of likely N-dealkylation sites (tertiary alicyclic amines) is 1. The van der Waals surface area contributed by atoms with Crippen molar-refractivity contribution in [3.63, 3.8) is 0 Å². The molecule has 124 valence electrons. The number of nitrogens with zero attached hydrogens (tertiary/aromatic N) is 2. The molecule has 6 heteroatoms. The normalized spacial score (nSPS) is 16.9. The summed E-state index contributed by atoms with van der Waals surface area (Å²) in [6, 6.07) is 8.56. The molecule has 1 aromatic rings. The Morgan fingerprint density at radius 2 is 1.95 bits per heavy atom. The minimum atomic E-state index is 0. The van der Waals surface area contributed by atoms with E-state index in [9.17, 15) is 0 Å². The van der Waals surface area contributed by atoms with Crippen LogP contribution in [0.5, 0.6) is 5.75 Å². The number of hydrogen-bond acceptors (Lipinski definition) is 3. The third kappa shape index (κ3) is 5.31. The topological polar surface area (TPSA) is 62.9 Å². The summed E-state index contributed by atoms with van der Waals surface area (Å²) in [6.45, 7) is 5.77. The van der Waals surface area contributed by atoms with Crippen LogP contribution in [0.15, 0.2) is 29.3 Å². The fourth-order valence-corrected chi connectivity index (χ4v) is 2.73. The third-order valence-electron chi connectivity index (χ3n) is 3.87. The predicted molar refractivity (Wildman–Crippen MR) is 102 cm³/mol. The zero-order valence-corrected chi connectivity index (χ0v) is 15.7. The number of halogens is 1. The van der Waals surface area contributed by atoms with Crippen LogP contribution in [0.4, 0.5) is 0 Å². The first-order chi connectivity index (χ1) is 10.2. The molecule has 0 radical (unpaired) electrons. The molecule has 0 saturated carbocycles. The lowest BCUT2D eigenvalue weighted by Gasteiger charge is -2.26. The summed E-state index contributed by atoms with van der Waals surface area (Å²) < 4.78 is 5.23. The quantitative estimate of drug-likeness (QED) is 0.423. The van der Waals surface area contributed by atoms with Crippen LogP contribution in [0, 0.1) is 0 Å². The van der Waals surface area contributed by atoms with Gasteiger partial charge in [0, 0.05) is 6.54 Å². The van der Waals surface area contributed by atoms with Crippen molar-refractivity contribution in [1.82, 2.24) is 10.2 Å². The maximum Gasteiger partial charge on any atom is 0.188 e. The van der Waals surface area contributed by atoms with Gasteiger partial charge < -0.3 is 15.8 Å². The van der Waals surface area contributed by atoms with Crippen LogP contribution in [-0.2, 0) is 0 Å². The molecule has 1 atom stereocenters. The highest BCUT2D eigenvalue weighted by atomic mass is 127. The maximum absolute atomic E-state index is 5.86. The molecule has 1 aromatic carbocycles. The molecule has 0 bridgehead atoms.